The Morgan fingerprint density at radius 2 is 2.12 bits per heavy atom. The van der Waals surface area contributed by atoms with Gasteiger partial charge >= 0.3 is 6.09 Å². The fourth-order valence-corrected chi connectivity index (χ4v) is 1.93. The molecule has 0 aromatic heterocycles. The highest BCUT2D eigenvalue weighted by atomic mass is 16.6. The summed E-state index contributed by atoms with van der Waals surface area (Å²) in [6.45, 7) is 3.67. The van der Waals surface area contributed by atoms with Crippen LogP contribution in [0.3, 0.4) is 0 Å². The Labute approximate surface area is 95.1 Å². The third kappa shape index (κ3) is 2.42. The maximum absolute atomic E-state index is 11.2. The lowest BCUT2D eigenvalue weighted by Gasteiger charge is -2.15. The van der Waals surface area contributed by atoms with E-state index in [2.05, 4.69) is 24.0 Å². The summed E-state index contributed by atoms with van der Waals surface area (Å²) < 4.78 is 5.17. The largest absolute Gasteiger partial charge is 0.444 e. The molecule has 84 valence electrons. The van der Waals surface area contributed by atoms with Crippen LogP contribution in [0, 0.1) is 0 Å². The Balaban J connectivity index is 2.03. The van der Waals surface area contributed by atoms with Gasteiger partial charge in [0.05, 0.1) is 6.04 Å². The molecular weight excluding hydrogens is 202 g/mol. The van der Waals surface area contributed by atoms with Crippen LogP contribution in [0.25, 0.3) is 0 Å². The lowest BCUT2D eigenvalue weighted by atomic mass is 10.0. The van der Waals surface area contributed by atoms with E-state index in [1.807, 2.05) is 18.2 Å². The van der Waals surface area contributed by atoms with Gasteiger partial charge in [0.1, 0.15) is 6.10 Å². The molecule has 1 aliphatic heterocycles. The van der Waals surface area contributed by atoms with Gasteiger partial charge in [-0.2, -0.15) is 0 Å². The van der Waals surface area contributed by atoms with E-state index in [0.29, 0.717) is 6.42 Å². The first-order chi connectivity index (χ1) is 7.79. The maximum atomic E-state index is 11.2. The minimum Gasteiger partial charge on any atom is -0.444 e. The quantitative estimate of drug-likeness (QED) is 0.786. The van der Waals surface area contributed by atoms with Crippen LogP contribution in [0.4, 0.5) is 4.79 Å². The highest BCUT2D eigenvalue weighted by Crippen LogP contribution is 2.17. The van der Waals surface area contributed by atoms with Gasteiger partial charge in [-0.1, -0.05) is 36.4 Å². The van der Waals surface area contributed by atoms with Crippen molar-refractivity contribution in [3.8, 4) is 0 Å². The second kappa shape index (κ2) is 4.84. The fraction of sp³-hybridized carbons (Fsp3) is 0.308. The minimum atomic E-state index is -0.326. The van der Waals surface area contributed by atoms with E-state index in [1.165, 1.54) is 5.56 Å². The van der Waals surface area contributed by atoms with E-state index in [-0.39, 0.29) is 18.2 Å². The number of nitrogens with one attached hydrogen (secondary N) is 1. The number of rotatable bonds is 4. The predicted molar refractivity (Wildman–Crippen MR) is 62.2 cm³/mol. The average Bonchev–Trinajstić information content (AvgIpc) is 2.61. The third-order valence-corrected chi connectivity index (χ3v) is 2.71. The fourth-order valence-electron chi connectivity index (χ4n) is 1.93. The third-order valence-electron chi connectivity index (χ3n) is 2.71. The van der Waals surface area contributed by atoms with Crippen molar-refractivity contribution in [2.24, 2.45) is 0 Å². The summed E-state index contributed by atoms with van der Waals surface area (Å²) >= 11 is 0. The van der Waals surface area contributed by atoms with E-state index in [0.717, 1.165) is 6.42 Å². The van der Waals surface area contributed by atoms with Crippen LogP contribution in [0.1, 0.15) is 12.0 Å². The van der Waals surface area contributed by atoms with Gasteiger partial charge in [-0.15, -0.1) is 6.58 Å². The molecule has 3 nitrogen and oxygen atoms in total. The second-order valence-electron chi connectivity index (χ2n) is 3.91. The van der Waals surface area contributed by atoms with Crippen molar-refractivity contribution in [1.82, 2.24) is 5.32 Å². The molecule has 1 aromatic rings. The Bertz CT molecular complexity index is 375. The van der Waals surface area contributed by atoms with Crippen molar-refractivity contribution >= 4 is 6.09 Å². The smallest absolute Gasteiger partial charge is 0.407 e. The zero-order valence-corrected chi connectivity index (χ0v) is 9.06. The Hall–Kier alpha value is -1.77. The first kappa shape index (κ1) is 10.7. The number of ether oxygens (including phenoxy) is 1. The molecule has 1 heterocycles. The Morgan fingerprint density at radius 1 is 1.38 bits per heavy atom. The van der Waals surface area contributed by atoms with Crippen LogP contribution in [0.15, 0.2) is 43.0 Å². The molecule has 1 fully saturated rings. The van der Waals surface area contributed by atoms with E-state index < -0.39 is 0 Å². The molecule has 0 unspecified atom stereocenters. The summed E-state index contributed by atoms with van der Waals surface area (Å²) in [5.41, 5.74) is 1.20. The summed E-state index contributed by atoms with van der Waals surface area (Å²) in [6, 6.07) is 10.1. The molecule has 2 atom stereocenters. The maximum Gasteiger partial charge on any atom is 0.407 e. The molecule has 1 saturated heterocycles. The van der Waals surface area contributed by atoms with E-state index in [1.54, 1.807) is 6.08 Å². The molecule has 1 N–H and O–H groups in total. The lowest BCUT2D eigenvalue weighted by molar-refractivity contribution is 0.133. The van der Waals surface area contributed by atoms with Crippen LogP contribution >= 0.6 is 0 Å². The molecular formula is C13H15NO2. The normalized spacial score (nSPS) is 23.6. The number of hydrogen-bond donors (Lipinski definition) is 1. The predicted octanol–water partition coefficient (Wildman–Crippen LogP) is 2.28. The average molecular weight is 217 g/mol. The number of carbonyl (C=O) groups is 1. The van der Waals surface area contributed by atoms with Crippen LogP contribution < -0.4 is 5.32 Å². The number of hydrogen-bond acceptors (Lipinski definition) is 2. The molecule has 0 aliphatic carbocycles. The molecule has 0 radical (unpaired) electrons. The van der Waals surface area contributed by atoms with E-state index in [4.69, 9.17) is 4.74 Å². The first-order valence-corrected chi connectivity index (χ1v) is 5.41. The molecule has 1 aliphatic rings. The van der Waals surface area contributed by atoms with Gasteiger partial charge in [-0.3, -0.25) is 0 Å². The lowest BCUT2D eigenvalue weighted by Crippen LogP contribution is -2.33. The van der Waals surface area contributed by atoms with E-state index >= 15 is 0 Å². The summed E-state index contributed by atoms with van der Waals surface area (Å²) in [5, 5.41) is 2.83. The molecule has 0 saturated carbocycles. The summed E-state index contributed by atoms with van der Waals surface area (Å²) in [6.07, 6.45) is 2.85. The molecule has 3 heteroatoms. The van der Waals surface area contributed by atoms with Crippen LogP contribution in [0.5, 0.6) is 0 Å². The van der Waals surface area contributed by atoms with Crippen molar-refractivity contribution in [2.45, 2.75) is 25.0 Å². The van der Waals surface area contributed by atoms with Gasteiger partial charge in [0, 0.05) is 6.42 Å². The van der Waals surface area contributed by atoms with Crippen molar-refractivity contribution in [1.29, 1.82) is 0 Å². The molecule has 0 spiro atoms. The molecule has 16 heavy (non-hydrogen) atoms. The zero-order valence-electron chi connectivity index (χ0n) is 9.06. The zero-order chi connectivity index (χ0) is 11.4. The number of alkyl carbamates (subject to hydrolysis) is 1. The SMILES string of the molecule is C=CC[C@H]1OC(=O)N[C@H]1Cc1ccccc1. The van der Waals surface area contributed by atoms with Crippen LogP contribution in [-0.2, 0) is 11.2 Å². The van der Waals surface area contributed by atoms with Gasteiger partial charge in [0.25, 0.3) is 0 Å². The minimum absolute atomic E-state index is 0.0490. The summed E-state index contributed by atoms with van der Waals surface area (Å²) in [4.78, 5) is 11.2. The molecule has 2 rings (SSSR count). The van der Waals surface area contributed by atoms with Crippen molar-refractivity contribution in [3.05, 3.63) is 48.6 Å². The van der Waals surface area contributed by atoms with Crippen LogP contribution in [0.2, 0.25) is 0 Å². The Morgan fingerprint density at radius 3 is 2.81 bits per heavy atom. The van der Waals surface area contributed by atoms with E-state index in [9.17, 15) is 4.79 Å². The van der Waals surface area contributed by atoms with Gasteiger partial charge in [0.15, 0.2) is 0 Å². The number of benzene rings is 1. The summed E-state index contributed by atoms with van der Waals surface area (Å²) in [5.74, 6) is 0. The second-order valence-corrected chi connectivity index (χ2v) is 3.91. The van der Waals surface area contributed by atoms with Crippen molar-refractivity contribution < 1.29 is 9.53 Å². The van der Waals surface area contributed by atoms with Crippen molar-refractivity contribution in [2.75, 3.05) is 0 Å². The number of amides is 1. The highest BCUT2D eigenvalue weighted by molar-refractivity contribution is 5.70. The Kier molecular flexibility index (Phi) is 3.25. The molecule has 1 aromatic carbocycles. The van der Waals surface area contributed by atoms with Gasteiger partial charge in [0.2, 0.25) is 0 Å². The first-order valence-electron chi connectivity index (χ1n) is 5.41. The van der Waals surface area contributed by atoms with Gasteiger partial charge in [-0.05, 0) is 12.0 Å². The molecule has 0 bridgehead atoms. The number of carbonyl (C=O) groups excluding carboxylic acids is 1. The summed E-state index contributed by atoms with van der Waals surface area (Å²) in [7, 11) is 0. The molecule has 1 amide bonds. The highest BCUT2D eigenvalue weighted by Gasteiger charge is 2.32. The monoisotopic (exact) mass is 217 g/mol. The standard InChI is InChI=1S/C13H15NO2/c1-2-6-12-11(14-13(15)16-12)9-10-7-4-3-5-8-10/h2-5,7-8,11-12H,1,6,9H2,(H,14,15)/t11-,12+/m0/s1. The van der Waals surface area contributed by atoms with Crippen LogP contribution in [-0.4, -0.2) is 18.2 Å². The van der Waals surface area contributed by atoms with Gasteiger partial charge in [-0.25, -0.2) is 4.79 Å². The van der Waals surface area contributed by atoms with Crippen molar-refractivity contribution in [3.63, 3.8) is 0 Å². The van der Waals surface area contributed by atoms with Gasteiger partial charge < -0.3 is 10.1 Å². The topological polar surface area (TPSA) is 38.3 Å². The number of cyclic esters (lactones) is 1.